The van der Waals surface area contributed by atoms with E-state index in [9.17, 15) is 4.79 Å². The van der Waals surface area contributed by atoms with Crippen LogP contribution in [0.3, 0.4) is 0 Å². The summed E-state index contributed by atoms with van der Waals surface area (Å²) in [4.78, 5) is 16.0. The zero-order chi connectivity index (χ0) is 13.3. The fourth-order valence-corrected chi connectivity index (χ4v) is 1.93. The Morgan fingerprint density at radius 3 is 2.28 bits per heavy atom. The van der Waals surface area contributed by atoms with Crippen molar-refractivity contribution in [3.63, 3.8) is 0 Å². The highest BCUT2D eigenvalue weighted by Gasteiger charge is 2.32. The first-order valence-corrected chi connectivity index (χ1v) is 5.91. The van der Waals surface area contributed by atoms with Crippen LogP contribution in [0.1, 0.15) is 10.4 Å². The molecule has 96 valence electrons. The van der Waals surface area contributed by atoms with Gasteiger partial charge in [0.1, 0.15) is 0 Å². The number of nitrogens with zero attached hydrogens (tertiary/aromatic N) is 2. The lowest BCUT2D eigenvalue weighted by Crippen LogP contribution is -2.59. The highest BCUT2D eigenvalue weighted by atomic mass is 16.4. The Balaban J connectivity index is 1.98. The van der Waals surface area contributed by atoms with E-state index in [1.165, 1.54) is 0 Å². The highest BCUT2D eigenvalue weighted by molar-refractivity contribution is 6.58. The van der Waals surface area contributed by atoms with Crippen LogP contribution >= 0.6 is 0 Å². The van der Waals surface area contributed by atoms with Gasteiger partial charge in [-0.3, -0.25) is 4.79 Å². The van der Waals surface area contributed by atoms with Crippen LogP contribution in [0.4, 0.5) is 0 Å². The molecule has 1 fully saturated rings. The van der Waals surface area contributed by atoms with Gasteiger partial charge in [-0.15, -0.1) is 0 Å². The van der Waals surface area contributed by atoms with Crippen molar-refractivity contribution in [3.05, 3.63) is 29.8 Å². The van der Waals surface area contributed by atoms with E-state index in [2.05, 4.69) is 4.90 Å². The molecule has 0 saturated carbocycles. The van der Waals surface area contributed by atoms with Crippen molar-refractivity contribution < 1.29 is 14.8 Å². The second-order valence-electron chi connectivity index (χ2n) is 4.82. The average Bonchev–Trinajstić information content (AvgIpc) is 2.26. The second-order valence-corrected chi connectivity index (χ2v) is 4.82. The van der Waals surface area contributed by atoms with Gasteiger partial charge in [0, 0.05) is 24.7 Å². The minimum Gasteiger partial charge on any atom is -0.423 e. The maximum absolute atomic E-state index is 12.1. The van der Waals surface area contributed by atoms with Crippen molar-refractivity contribution in [3.8, 4) is 0 Å². The standard InChI is InChI=1S/C12H17BN2O3/c1-14(2)11-7-15(8-11)12(16)9-3-5-10(6-4-9)13(17)18/h3-6,11,17-18H,7-8H2,1-2H3. The first kappa shape index (κ1) is 13.1. The number of likely N-dealkylation sites (tertiary alicyclic amines) is 1. The summed E-state index contributed by atoms with van der Waals surface area (Å²) in [5.41, 5.74) is 0.970. The predicted octanol–water partition coefficient (Wildman–Crippen LogP) is -1.25. The summed E-state index contributed by atoms with van der Waals surface area (Å²) >= 11 is 0. The number of rotatable bonds is 3. The Labute approximate surface area is 107 Å². The van der Waals surface area contributed by atoms with Gasteiger partial charge >= 0.3 is 7.12 Å². The summed E-state index contributed by atoms with van der Waals surface area (Å²) in [6.45, 7) is 1.49. The minimum absolute atomic E-state index is 0.00733. The number of carbonyl (C=O) groups excluding carboxylic acids is 1. The van der Waals surface area contributed by atoms with E-state index in [1.54, 1.807) is 29.2 Å². The van der Waals surface area contributed by atoms with Crippen molar-refractivity contribution in [2.24, 2.45) is 0 Å². The first-order chi connectivity index (χ1) is 8.49. The second kappa shape index (κ2) is 5.10. The monoisotopic (exact) mass is 248 g/mol. The van der Waals surface area contributed by atoms with Crippen LogP contribution in [-0.2, 0) is 0 Å². The van der Waals surface area contributed by atoms with E-state index >= 15 is 0 Å². The smallest absolute Gasteiger partial charge is 0.423 e. The Hall–Kier alpha value is -1.37. The average molecular weight is 248 g/mol. The minimum atomic E-state index is -1.49. The van der Waals surface area contributed by atoms with Crippen LogP contribution < -0.4 is 5.46 Å². The first-order valence-electron chi connectivity index (χ1n) is 5.91. The molecule has 1 saturated heterocycles. The van der Waals surface area contributed by atoms with Gasteiger partial charge in [-0.25, -0.2) is 0 Å². The summed E-state index contributed by atoms with van der Waals surface area (Å²) < 4.78 is 0. The zero-order valence-electron chi connectivity index (χ0n) is 10.6. The summed E-state index contributed by atoms with van der Waals surface area (Å²) in [5, 5.41) is 17.9. The van der Waals surface area contributed by atoms with Crippen LogP contribution in [0.15, 0.2) is 24.3 Å². The van der Waals surface area contributed by atoms with Gasteiger partial charge in [0.05, 0.1) is 0 Å². The molecule has 0 atom stereocenters. The topological polar surface area (TPSA) is 64.0 Å². The molecule has 6 heteroatoms. The Kier molecular flexibility index (Phi) is 3.70. The molecule has 2 N–H and O–H groups in total. The lowest BCUT2D eigenvalue weighted by Gasteiger charge is -2.42. The van der Waals surface area contributed by atoms with E-state index in [-0.39, 0.29) is 5.91 Å². The normalized spacial score (nSPS) is 15.7. The third kappa shape index (κ3) is 2.55. The highest BCUT2D eigenvalue weighted by Crippen LogP contribution is 2.15. The summed E-state index contributed by atoms with van der Waals surface area (Å²) in [6.07, 6.45) is 0. The van der Waals surface area contributed by atoms with Gasteiger partial charge in [0.2, 0.25) is 0 Å². The third-order valence-electron chi connectivity index (χ3n) is 3.34. The molecule has 1 amide bonds. The van der Waals surface area contributed by atoms with Crippen LogP contribution in [0, 0.1) is 0 Å². The third-order valence-corrected chi connectivity index (χ3v) is 3.34. The molecule has 5 nitrogen and oxygen atoms in total. The number of likely N-dealkylation sites (N-methyl/N-ethyl adjacent to an activating group) is 1. The quantitative estimate of drug-likeness (QED) is 0.656. The molecule has 0 bridgehead atoms. The Morgan fingerprint density at radius 2 is 1.83 bits per heavy atom. The molecular formula is C12H17BN2O3. The summed E-state index contributed by atoms with van der Waals surface area (Å²) in [5.74, 6) is -0.00733. The molecular weight excluding hydrogens is 231 g/mol. The SMILES string of the molecule is CN(C)C1CN(C(=O)c2ccc(B(O)O)cc2)C1. The summed E-state index contributed by atoms with van der Waals surface area (Å²) in [7, 11) is 2.52. The van der Waals surface area contributed by atoms with Crippen LogP contribution in [-0.4, -0.2) is 66.1 Å². The van der Waals surface area contributed by atoms with Crippen molar-refractivity contribution in [1.29, 1.82) is 0 Å². The maximum Gasteiger partial charge on any atom is 0.488 e. The van der Waals surface area contributed by atoms with Crippen molar-refractivity contribution in [1.82, 2.24) is 9.80 Å². The number of hydrogen-bond donors (Lipinski definition) is 2. The van der Waals surface area contributed by atoms with E-state index in [0.29, 0.717) is 17.1 Å². The van der Waals surface area contributed by atoms with Crippen molar-refractivity contribution in [2.75, 3.05) is 27.2 Å². The van der Waals surface area contributed by atoms with Gasteiger partial charge in [0.15, 0.2) is 0 Å². The van der Waals surface area contributed by atoms with Gasteiger partial charge in [-0.05, 0) is 31.7 Å². The molecule has 0 unspecified atom stereocenters. The van der Waals surface area contributed by atoms with E-state index < -0.39 is 7.12 Å². The van der Waals surface area contributed by atoms with Crippen LogP contribution in [0.5, 0.6) is 0 Å². The summed E-state index contributed by atoms with van der Waals surface area (Å²) in [6, 6.07) is 6.80. The van der Waals surface area contributed by atoms with Gasteiger partial charge in [0.25, 0.3) is 5.91 Å². The fraction of sp³-hybridized carbons (Fsp3) is 0.417. The van der Waals surface area contributed by atoms with E-state index in [0.717, 1.165) is 13.1 Å². The van der Waals surface area contributed by atoms with Crippen molar-refractivity contribution >= 4 is 18.5 Å². The Morgan fingerprint density at radius 1 is 1.28 bits per heavy atom. The van der Waals surface area contributed by atoms with Crippen LogP contribution in [0.2, 0.25) is 0 Å². The molecule has 0 spiro atoms. The van der Waals surface area contributed by atoms with Gasteiger partial charge in [-0.2, -0.15) is 0 Å². The molecule has 1 aromatic rings. The maximum atomic E-state index is 12.1. The van der Waals surface area contributed by atoms with Crippen LogP contribution in [0.25, 0.3) is 0 Å². The van der Waals surface area contributed by atoms with E-state index in [1.807, 2.05) is 14.1 Å². The molecule has 18 heavy (non-hydrogen) atoms. The number of benzene rings is 1. The zero-order valence-corrected chi connectivity index (χ0v) is 10.6. The van der Waals surface area contributed by atoms with Gasteiger partial charge in [-0.1, -0.05) is 12.1 Å². The van der Waals surface area contributed by atoms with Gasteiger partial charge < -0.3 is 19.8 Å². The molecule has 0 radical (unpaired) electrons. The molecule has 0 aromatic heterocycles. The number of carbonyl (C=O) groups is 1. The number of hydrogen-bond acceptors (Lipinski definition) is 4. The molecule has 1 aliphatic rings. The molecule has 1 aromatic carbocycles. The molecule has 1 aliphatic heterocycles. The Bertz CT molecular complexity index is 427. The fourth-order valence-electron chi connectivity index (χ4n) is 1.93. The molecule has 1 heterocycles. The van der Waals surface area contributed by atoms with Crippen molar-refractivity contribution in [2.45, 2.75) is 6.04 Å². The molecule has 2 rings (SSSR count). The molecule has 0 aliphatic carbocycles. The van der Waals surface area contributed by atoms with E-state index in [4.69, 9.17) is 10.0 Å². The predicted molar refractivity (Wildman–Crippen MR) is 69.6 cm³/mol. The largest absolute Gasteiger partial charge is 0.488 e. The lowest BCUT2D eigenvalue weighted by atomic mass is 9.80. The lowest BCUT2D eigenvalue weighted by molar-refractivity contribution is 0.0399. The number of amides is 1.